The summed E-state index contributed by atoms with van der Waals surface area (Å²) in [5.41, 5.74) is 0. The highest BCUT2D eigenvalue weighted by atomic mass is 79.9. The predicted octanol–water partition coefficient (Wildman–Crippen LogP) is 2.51. The maximum Gasteiger partial charge on any atom is 0.344 e. The first-order valence-corrected chi connectivity index (χ1v) is 4.92. The molecule has 1 aromatic rings. The highest BCUT2D eigenvalue weighted by Crippen LogP contribution is 2.17. The van der Waals surface area contributed by atoms with Gasteiger partial charge in [0.25, 0.3) is 0 Å². The van der Waals surface area contributed by atoms with Crippen molar-refractivity contribution >= 4 is 34.3 Å². The minimum absolute atomic E-state index is 0. The minimum Gasteiger partial charge on any atom is -0.479 e. The highest BCUT2D eigenvalue weighted by Gasteiger charge is 2.16. The molecule has 0 saturated carbocycles. The van der Waals surface area contributed by atoms with E-state index in [1.807, 2.05) is 0 Å². The summed E-state index contributed by atoms with van der Waals surface area (Å²) in [6.07, 6.45) is 2.69. The number of pyridine rings is 1. The summed E-state index contributed by atoms with van der Waals surface area (Å²) in [5.74, 6) is -0.513. The largest absolute Gasteiger partial charge is 0.479 e. The smallest absolute Gasteiger partial charge is 0.344 e. The van der Waals surface area contributed by atoms with E-state index in [1.165, 1.54) is 6.20 Å². The summed E-state index contributed by atoms with van der Waals surface area (Å²) in [6.45, 7) is 1.75. The first-order chi connectivity index (χ1) is 6.63. The van der Waals surface area contributed by atoms with Gasteiger partial charge in [-0.2, -0.15) is 0 Å². The van der Waals surface area contributed by atoms with Gasteiger partial charge in [-0.05, 0) is 28.4 Å². The third kappa shape index (κ3) is 4.48. The molecule has 1 atom stereocenters. The van der Waals surface area contributed by atoms with Gasteiger partial charge in [0.1, 0.15) is 5.75 Å². The van der Waals surface area contributed by atoms with Crippen molar-refractivity contribution in [3.05, 3.63) is 22.9 Å². The molecule has 0 bridgehead atoms. The molecule has 1 rings (SSSR count). The van der Waals surface area contributed by atoms with Crippen molar-refractivity contribution in [1.29, 1.82) is 0 Å². The van der Waals surface area contributed by atoms with Crippen molar-refractivity contribution in [2.45, 2.75) is 19.4 Å². The third-order valence-corrected chi connectivity index (χ3v) is 2.04. The van der Waals surface area contributed by atoms with Gasteiger partial charge < -0.3 is 9.84 Å². The van der Waals surface area contributed by atoms with E-state index >= 15 is 0 Å². The Labute approximate surface area is 102 Å². The Balaban J connectivity index is 0.00000196. The van der Waals surface area contributed by atoms with Crippen LogP contribution in [0.25, 0.3) is 0 Å². The Morgan fingerprint density at radius 2 is 2.33 bits per heavy atom. The van der Waals surface area contributed by atoms with Gasteiger partial charge in [0.2, 0.25) is 0 Å². The summed E-state index contributed by atoms with van der Waals surface area (Å²) in [5, 5.41) is 8.75. The fourth-order valence-corrected chi connectivity index (χ4v) is 1.27. The second-order valence-electron chi connectivity index (χ2n) is 2.69. The molecule has 1 unspecified atom stereocenters. The monoisotopic (exact) mass is 295 g/mol. The number of hydrogen-bond acceptors (Lipinski definition) is 3. The fraction of sp³-hybridized carbons (Fsp3) is 0.333. The van der Waals surface area contributed by atoms with Crippen LogP contribution in [0.5, 0.6) is 5.75 Å². The molecular formula is C9H11BrClNO3. The van der Waals surface area contributed by atoms with Crippen molar-refractivity contribution in [1.82, 2.24) is 4.98 Å². The van der Waals surface area contributed by atoms with E-state index < -0.39 is 12.1 Å². The van der Waals surface area contributed by atoms with Crippen LogP contribution in [0.2, 0.25) is 0 Å². The van der Waals surface area contributed by atoms with Gasteiger partial charge in [0.15, 0.2) is 6.10 Å². The number of aliphatic carboxylic acids is 1. The third-order valence-electron chi connectivity index (χ3n) is 1.60. The van der Waals surface area contributed by atoms with Crippen LogP contribution in [0.15, 0.2) is 22.9 Å². The van der Waals surface area contributed by atoms with Gasteiger partial charge in [-0.1, -0.05) is 6.92 Å². The number of aromatic nitrogens is 1. The summed E-state index contributed by atoms with van der Waals surface area (Å²) in [4.78, 5) is 14.5. The van der Waals surface area contributed by atoms with Crippen LogP contribution in [0.4, 0.5) is 0 Å². The van der Waals surface area contributed by atoms with Crippen molar-refractivity contribution in [2.75, 3.05) is 0 Å². The second kappa shape index (κ2) is 6.63. The van der Waals surface area contributed by atoms with Crippen molar-refractivity contribution < 1.29 is 14.6 Å². The zero-order valence-corrected chi connectivity index (χ0v) is 10.4. The van der Waals surface area contributed by atoms with Gasteiger partial charge in [0.05, 0.1) is 6.20 Å². The Morgan fingerprint density at radius 1 is 1.67 bits per heavy atom. The Morgan fingerprint density at radius 3 is 2.80 bits per heavy atom. The van der Waals surface area contributed by atoms with Crippen LogP contribution < -0.4 is 4.74 Å². The van der Waals surface area contributed by atoms with Crippen molar-refractivity contribution in [3.63, 3.8) is 0 Å². The molecular weight excluding hydrogens is 285 g/mol. The first-order valence-electron chi connectivity index (χ1n) is 4.13. The van der Waals surface area contributed by atoms with Crippen LogP contribution in [0, 0.1) is 0 Å². The lowest BCUT2D eigenvalue weighted by atomic mass is 10.3. The van der Waals surface area contributed by atoms with E-state index in [0.29, 0.717) is 12.2 Å². The molecule has 0 fully saturated rings. The van der Waals surface area contributed by atoms with Gasteiger partial charge in [-0.15, -0.1) is 12.4 Å². The van der Waals surface area contributed by atoms with Gasteiger partial charge in [-0.25, -0.2) is 4.79 Å². The summed E-state index contributed by atoms with van der Waals surface area (Å²) < 4.78 is 5.97. The standard InChI is InChI=1S/C9H10BrNO3.ClH/c1-2-8(9(12)13)14-7-3-6(10)4-11-5-7;/h3-5,8H,2H2,1H3,(H,12,13);1H. The number of carbonyl (C=O) groups is 1. The zero-order chi connectivity index (χ0) is 10.6. The van der Waals surface area contributed by atoms with Gasteiger partial charge >= 0.3 is 5.97 Å². The van der Waals surface area contributed by atoms with Crippen LogP contribution in [-0.2, 0) is 4.79 Å². The Kier molecular flexibility index (Phi) is 6.27. The molecule has 0 aromatic carbocycles. The SMILES string of the molecule is CCC(Oc1cncc(Br)c1)C(=O)O.Cl. The lowest BCUT2D eigenvalue weighted by Crippen LogP contribution is -2.25. The molecule has 1 N–H and O–H groups in total. The quantitative estimate of drug-likeness (QED) is 0.927. The molecule has 6 heteroatoms. The van der Waals surface area contributed by atoms with Crippen molar-refractivity contribution in [2.24, 2.45) is 0 Å². The molecule has 0 radical (unpaired) electrons. The number of carboxylic acids is 1. The zero-order valence-electron chi connectivity index (χ0n) is 8.01. The maximum absolute atomic E-state index is 10.7. The van der Waals surface area contributed by atoms with E-state index in [4.69, 9.17) is 9.84 Å². The topological polar surface area (TPSA) is 59.4 Å². The Bertz CT molecular complexity index is 335. The van der Waals surface area contributed by atoms with Crippen molar-refractivity contribution in [3.8, 4) is 5.75 Å². The lowest BCUT2D eigenvalue weighted by molar-refractivity contribution is -0.145. The molecule has 15 heavy (non-hydrogen) atoms. The van der Waals surface area contributed by atoms with E-state index in [2.05, 4.69) is 20.9 Å². The van der Waals surface area contributed by atoms with Gasteiger partial charge in [-0.3, -0.25) is 4.98 Å². The molecule has 0 saturated heterocycles. The minimum atomic E-state index is -0.965. The molecule has 4 nitrogen and oxygen atoms in total. The average molecular weight is 297 g/mol. The number of hydrogen-bond donors (Lipinski definition) is 1. The van der Waals surface area contributed by atoms with Crippen LogP contribution in [0.3, 0.4) is 0 Å². The number of nitrogens with zero attached hydrogens (tertiary/aromatic N) is 1. The summed E-state index contributed by atoms with van der Waals surface area (Å²) in [6, 6.07) is 1.68. The van der Waals surface area contributed by atoms with Crippen LogP contribution in [0.1, 0.15) is 13.3 Å². The summed E-state index contributed by atoms with van der Waals surface area (Å²) >= 11 is 3.22. The van der Waals surface area contributed by atoms with Crippen LogP contribution >= 0.6 is 28.3 Å². The van der Waals surface area contributed by atoms with Gasteiger partial charge in [0, 0.05) is 10.7 Å². The number of halogens is 2. The molecule has 84 valence electrons. The normalized spacial score (nSPS) is 11.3. The van der Waals surface area contributed by atoms with E-state index in [0.717, 1.165) is 4.47 Å². The molecule has 0 aliphatic rings. The molecule has 0 amide bonds. The van der Waals surface area contributed by atoms with Crippen LogP contribution in [-0.4, -0.2) is 22.2 Å². The molecule has 1 aromatic heterocycles. The maximum atomic E-state index is 10.7. The molecule has 0 aliphatic heterocycles. The molecule has 1 heterocycles. The predicted molar refractivity (Wildman–Crippen MR) is 61.5 cm³/mol. The van der Waals surface area contributed by atoms with E-state index in [9.17, 15) is 4.79 Å². The Hall–Kier alpha value is -0.810. The number of ether oxygens (including phenoxy) is 1. The number of carboxylic acid groups (broad SMARTS) is 1. The second-order valence-corrected chi connectivity index (χ2v) is 3.61. The lowest BCUT2D eigenvalue weighted by Gasteiger charge is -2.12. The van der Waals surface area contributed by atoms with E-state index in [1.54, 1.807) is 19.2 Å². The average Bonchev–Trinajstić information content (AvgIpc) is 2.14. The molecule has 0 aliphatic carbocycles. The number of rotatable bonds is 4. The first kappa shape index (κ1) is 14.2. The van der Waals surface area contributed by atoms with E-state index in [-0.39, 0.29) is 12.4 Å². The summed E-state index contributed by atoms with van der Waals surface area (Å²) in [7, 11) is 0. The fourth-order valence-electron chi connectivity index (χ4n) is 0.929. The molecule has 0 spiro atoms. The highest BCUT2D eigenvalue weighted by molar-refractivity contribution is 9.10.